The SMILES string of the molecule is CCNC(Cc1ccc(Cl)c(Cl)c1)CC(C)(C)OC. The van der Waals surface area contributed by atoms with Crippen molar-refractivity contribution in [2.75, 3.05) is 13.7 Å². The van der Waals surface area contributed by atoms with Crippen molar-refractivity contribution in [2.24, 2.45) is 0 Å². The molecule has 1 N–H and O–H groups in total. The van der Waals surface area contributed by atoms with Crippen LogP contribution in [0.2, 0.25) is 10.0 Å². The summed E-state index contributed by atoms with van der Waals surface area (Å²) < 4.78 is 5.51. The van der Waals surface area contributed by atoms with Crippen molar-refractivity contribution < 1.29 is 4.74 Å². The summed E-state index contributed by atoms with van der Waals surface area (Å²) in [5.41, 5.74) is 1.05. The Kier molecular flexibility index (Phi) is 6.61. The number of benzene rings is 1. The van der Waals surface area contributed by atoms with Gasteiger partial charge >= 0.3 is 0 Å². The highest BCUT2D eigenvalue weighted by molar-refractivity contribution is 6.42. The van der Waals surface area contributed by atoms with E-state index in [-0.39, 0.29) is 5.60 Å². The molecule has 0 fully saturated rings. The zero-order valence-corrected chi connectivity index (χ0v) is 13.6. The van der Waals surface area contributed by atoms with Crippen LogP contribution in [-0.2, 0) is 11.2 Å². The van der Waals surface area contributed by atoms with Crippen LogP contribution in [0, 0.1) is 0 Å². The molecule has 19 heavy (non-hydrogen) atoms. The molecule has 2 nitrogen and oxygen atoms in total. The van der Waals surface area contributed by atoms with Gasteiger partial charge in [-0.1, -0.05) is 36.2 Å². The molecule has 0 spiro atoms. The fourth-order valence-corrected chi connectivity index (χ4v) is 2.45. The third-order valence-corrected chi connectivity index (χ3v) is 3.99. The number of hydrogen-bond donors (Lipinski definition) is 1. The highest BCUT2D eigenvalue weighted by atomic mass is 35.5. The number of methoxy groups -OCH3 is 1. The van der Waals surface area contributed by atoms with E-state index in [0.29, 0.717) is 16.1 Å². The Morgan fingerprint density at radius 3 is 2.47 bits per heavy atom. The van der Waals surface area contributed by atoms with Crippen LogP contribution in [0.3, 0.4) is 0 Å². The van der Waals surface area contributed by atoms with Gasteiger partial charge in [0.25, 0.3) is 0 Å². The standard InChI is InChI=1S/C15H23Cl2NO/c1-5-18-12(10-15(2,3)19-4)8-11-6-7-13(16)14(17)9-11/h6-7,9,12,18H,5,8,10H2,1-4H3. The maximum absolute atomic E-state index is 6.06. The van der Waals surface area contributed by atoms with E-state index in [9.17, 15) is 0 Å². The predicted molar refractivity (Wildman–Crippen MR) is 83.3 cm³/mol. The van der Waals surface area contributed by atoms with Crippen LogP contribution in [0.1, 0.15) is 32.8 Å². The fourth-order valence-electron chi connectivity index (χ4n) is 2.13. The number of ether oxygens (including phenoxy) is 1. The maximum Gasteiger partial charge on any atom is 0.0637 e. The van der Waals surface area contributed by atoms with Crippen molar-refractivity contribution >= 4 is 23.2 Å². The molecule has 0 aliphatic heterocycles. The lowest BCUT2D eigenvalue weighted by molar-refractivity contribution is 0.00727. The molecule has 0 aromatic heterocycles. The maximum atomic E-state index is 6.06. The van der Waals surface area contributed by atoms with Crippen LogP contribution in [0.25, 0.3) is 0 Å². The van der Waals surface area contributed by atoms with E-state index in [0.717, 1.165) is 19.4 Å². The Hall–Kier alpha value is -0.280. The first-order valence-corrected chi connectivity index (χ1v) is 7.36. The Labute approximate surface area is 126 Å². The highest BCUT2D eigenvalue weighted by Crippen LogP contribution is 2.24. The predicted octanol–water partition coefficient (Wildman–Crippen LogP) is 4.33. The summed E-state index contributed by atoms with van der Waals surface area (Å²) in [5, 5.41) is 4.71. The van der Waals surface area contributed by atoms with Gasteiger partial charge in [0.2, 0.25) is 0 Å². The van der Waals surface area contributed by atoms with Gasteiger partial charge in [-0.3, -0.25) is 0 Å². The van der Waals surface area contributed by atoms with Gasteiger partial charge in [-0.15, -0.1) is 0 Å². The van der Waals surface area contributed by atoms with Gasteiger partial charge in [-0.05, 0) is 50.9 Å². The summed E-state index contributed by atoms with van der Waals surface area (Å²) in [6.07, 6.45) is 1.86. The Morgan fingerprint density at radius 1 is 1.26 bits per heavy atom. The van der Waals surface area contributed by atoms with Crippen LogP contribution in [0.4, 0.5) is 0 Å². The van der Waals surface area contributed by atoms with Gasteiger partial charge < -0.3 is 10.1 Å². The van der Waals surface area contributed by atoms with Crippen molar-refractivity contribution in [3.05, 3.63) is 33.8 Å². The molecular weight excluding hydrogens is 281 g/mol. The van der Waals surface area contributed by atoms with Crippen molar-refractivity contribution in [1.29, 1.82) is 0 Å². The number of nitrogens with one attached hydrogen (secondary N) is 1. The van der Waals surface area contributed by atoms with E-state index >= 15 is 0 Å². The van der Waals surface area contributed by atoms with Crippen LogP contribution in [0.5, 0.6) is 0 Å². The average molecular weight is 304 g/mol. The first kappa shape index (κ1) is 16.8. The molecule has 0 saturated heterocycles. The van der Waals surface area contributed by atoms with Crippen molar-refractivity contribution in [1.82, 2.24) is 5.32 Å². The zero-order valence-electron chi connectivity index (χ0n) is 12.1. The highest BCUT2D eigenvalue weighted by Gasteiger charge is 2.22. The van der Waals surface area contributed by atoms with Gasteiger partial charge in [0.1, 0.15) is 0 Å². The molecule has 1 unspecified atom stereocenters. The fraction of sp³-hybridized carbons (Fsp3) is 0.600. The normalized spacial score (nSPS) is 13.6. The van der Waals surface area contributed by atoms with E-state index in [4.69, 9.17) is 27.9 Å². The average Bonchev–Trinajstić information content (AvgIpc) is 2.34. The smallest absolute Gasteiger partial charge is 0.0637 e. The van der Waals surface area contributed by atoms with Crippen molar-refractivity contribution in [2.45, 2.75) is 45.3 Å². The van der Waals surface area contributed by atoms with E-state index in [2.05, 4.69) is 26.1 Å². The molecular formula is C15H23Cl2NO. The molecule has 0 aliphatic rings. The van der Waals surface area contributed by atoms with Crippen LogP contribution < -0.4 is 5.32 Å². The van der Waals surface area contributed by atoms with Crippen molar-refractivity contribution in [3.8, 4) is 0 Å². The van der Waals surface area contributed by atoms with Crippen molar-refractivity contribution in [3.63, 3.8) is 0 Å². The number of halogens is 2. The Balaban J connectivity index is 2.74. The number of rotatable bonds is 7. The molecule has 1 aromatic rings. The molecule has 0 aliphatic carbocycles. The lowest BCUT2D eigenvalue weighted by atomic mass is 9.94. The molecule has 0 bridgehead atoms. The third kappa shape index (κ3) is 5.70. The summed E-state index contributed by atoms with van der Waals surface area (Å²) in [6, 6.07) is 6.17. The van der Waals surface area contributed by atoms with E-state index < -0.39 is 0 Å². The molecule has 0 radical (unpaired) electrons. The molecule has 1 atom stereocenters. The van der Waals surface area contributed by atoms with Gasteiger partial charge in [0, 0.05) is 13.2 Å². The van der Waals surface area contributed by atoms with Crippen LogP contribution in [-0.4, -0.2) is 25.3 Å². The van der Waals surface area contributed by atoms with E-state index in [1.54, 1.807) is 7.11 Å². The molecule has 0 saturated carbocycles. The minimum absolute atomic E-state index is 0.136. The van der Waals surface area contributed by atoms with Gasteiger partial charge in [-0.2, -0.15) is 0 Å². The van der Waals surface area contributed by atoms with Crippen LogP contribution in [0.15, 0.2) is 18.2 Å². The van der Waals surface area contributed by atoms with Gasteiger partial charge in [0.15, 0.2) is 0 Å². The second kappa shape index (κ2) is 7.49. The minimum atomic E-state index is -0.136. The molecule has 0 heterocycles. The van der Waals surface area contributed by atoms with E-state index in [1.807, 2.05) is 18.2 Å². The first-order valence-electron chi connectivity index (χ1n) is 6.60. The summed E-state index contributed by atoms with van der Waals surface area (Å²) in [4.78, 5) is 0. The number of hydrogen-bond acceptors (Lipinski definition) is 2. The molecule has 108 valence electrons. The van der Waals surface area contributed by atoms with Crippen LogP contribution >= 0.6 is 23.2 Å². The lowest BCUT2D eigenvalue weighted by Crippen LogP contribution is -2.39. The quantitative estimate of drug-likeness (QED) is 0.809. The summed E-state index contributed by atoms with van der Waals surface area (Å²) >= 11 is 12.0. The molecule has 1 rings (SSSR count). The third-order valence-electron chi connectivity index (χ3n) is 3.25. The second-order valence-corrected chi connectivity index (χ2v) is 6.19. The summed E-state index contributed by atoms with van der Waals surface area (Å²) in [7, 11) is 1.75. The zero-order chi connectivity index (χ0) is 14.5. The topological polar surface area (TPSA) is 21.3 Å². The summed E-state index contributed by atoms with van der Waals surface area (Å²) in [5.74, 6) is 0. The Bertz CT molecular complexity index is 407. The minimum Gasteiger partial charge on any atom is -0.379 e. The number of likely N-dealkylation sites (N-methyl/N-ethyl adjacent to an activating group) is 1. The van der Waals surface area contributed by atoms with E-state index in [1.165, 1.54) is 5.56 Å². The second-order valence-electron chi connectivity index (χ2n) is 5.38. The van der Waals surface area contributed by atoms with Gasteiger partial charge in [-0.25, -0.2) is 0 Å². The lowest BCUT2D eigenvalue weighted by Gasteiger charge is -2.29. The molecule has 1 aromatic carbocycles. The monoisotopic (exact) mass is 303 g/mol. The Morgan fingerprint density at radius 2 is 1.95 bits per heavy atom. The molecule has 0 amide bonds. The first-order chi connectivity index (χ1) is 8.88. The summed E-state index contributed by atoms with van der Waals surface area (Å²) in [6.45, 7) is 7.26. The largest absolute Gasteiger partial charge is 0.379 e. The molecule has 4 heteroatoms. The van der Waals surface area contributed by atoms with Gasteiger partial charge in [0.05, 0.1) is 15.6 Å².